The lowest BCUT2D eigenvalue weighted by Crippen LogP contribution is -2.76. The second-order valence-corrected chi connectivity index (χ2v) is 5.23. The van der Waals surface area contributed by atoms with E-state index in [9.17, 15) is 39.3 Å². The van der Waals surface area contributed by atoms with Gasteiger partial charge in [-0.05, 0) is 13.8 Å². The van der Waals surface area contributed by atoms with Gasteiger partial charge >= 0.3 is 5.97 Å². The Morgan fingerprint density at radius 3 is 1.64 bits per heavy atom. The number of hydrogen-bond donors (Lipinski definition) is 4. The molecule has 0 aliphatic heterocycles. The van der Waals surface area contributed by atoms with Crippen LogP contribution < -0.4 is 0 Å². The van der Waals surface area contributed by atoms with E-state index in [0.717, 1.165) is 6.92 Å². The molecule has 0 spiro atoms. The number of esters is 1. The van der Waals surface area contributed by atoms with Crippen LogP contribution in [0.4, 0.5) is 0 Å². The second-order valence-electron chi connectivity index (χ2n) is 5.23. The van der Waals surface area contributed by atoms with Crippen molar-refractivity contribution in [2.24, 2.45) is 0 Å². The molecule has 0 saturated heterocycles. The normalized spacial score (nSPS) is 17.8. The van der Waals surface area contributed by atoms with Crippen molar-refractivity contribution in [2.45, 2.75) is 51.1 Å². The third kappa shape index (κ3) is 4.36. The minimum atomic E-state index is -3.50. The molecule has 4 N–H and O–H groups in total. The summed E-state index contributed by atoms with van der Waals surface area (Å²) in [5, 5.41) is 39.2. The van der Waals surface area contributed by atoms with Crippen molar-refractivity contribution in [3.8, 4) is 0 Å². The van der Waals surface area contributed by atoms with Crippen molar-refractivity contribution < 1.29 is 49.1 Å². The number of aliphatic hydroxyl groups excluding tert-OH is 3. The molecule has 0 radical (unpaired) electrons. The maximum absolute atomic E-state index is 12.3. The minimum absolute atomic E-state index is 0. The van der Waals surface area contributed by atoms with E-state index in [4.69, 9.17) is 5.11 Å². The zero-order valence-electron chi connectivity index (χ0n) is 14.0. The zero-order valence-corrected chi connectivity index (χ0v) is 15.7. The van der Waals surface area contributed by atoms with Crippen molar-refractivity contribution in [1.29, 1.82) is 0 Å². The number of hydrogen-bond acceptors (Lipinski definition) is 10. The van der Waals surface area contributed by atoms with Gasteiger partial charge in [0, 0.05) is 13.8 Å². The van der Waals surface area contributed by atoms with Crippen LogP contribution in [0, 0.1) is 0 Å². The maximum Gasteiger partial charge on any atom is 0.304 e. The summed E-state index contributed by atoms with van der Waals surface area (Å²) in [6.45, 7) is 1.55. The van der Waals surface area contributed by atoms with Gasteiger partial charge in [0.2, 0.25) is 5.60 Å². The standard InChI is InChI=1S/C14H20O10.BrH/c1-6(16)11(21)14(8(3)18,24-9(4)19)13(23,7(2)17)12(22)10(20)5-15;/h10,12,15,20,22-23H,5H2,1-4H3;1H/t10?,12?,13?,14-;/m0./s1. The third-order valence-corrected chi connectivity index (χ3v) is 3.49. The third-order valence-electron chi connectivity index (χ3n) is 3.49. The van der Waals surface area contributed by atoms with Gasteiger partial charge in [0.05, 0.1) is 6.61 Å². The number of aliphatic hydroxyl groups is 4. The van der Waals surface area contributed by atoms with Gasteiger partial charge in [0.15, 0.2) is 17.3 Å². The van der Waals surface area contributed by atoms with E-state index in [1.54, 1.807) is 0 Å². The molecule has 0 aromatic rings. The van der Waals surface area contributed by atoms with Gasteiger partial charge in [-0.3, -0.25) is 24.0 Å². The predicted octanol–water partition coefficient (Wildman–Crippen LogP) is -2.35. The lowest BCUT2D eigenvalue weighted by molar-refractivity contribution is -0.226. The number of carbonyl (C=O) groups is 5. The number of Topliss-reactive ketones (excluding diaryl/α,β-unsaturated/α-hetero) is 4. The summed E-state index contributed by atoms with van der Waals surface area (Å²) >= 11 is 0. The fourth-order valence-corrected chi connectivity index (χ4v) is 2.30. The molecule has 4 atom stereocenters. The fraction of sp³-hybridized carbons (Fsp3) is 0.643. The first-order valence-corrected chi connectivity index (χ1v) is 6.77. The van der Waals surface area contributed by atoms with E-state index in [1.807, 2.05) is 0 Å². The van der Waals surface area contributed by atoms with Gasteiger partial charge in [-0.2, -0.15) is 0 Å². The van der Waals surface area contributed by atoms with Crippen molar-refractivity contribution in [1.82, 2.24) is 0 Å². The highest BCUT2D eigenvalue weighted by molar-refractivity contribution is 8.93. The summed E-state index contributed by atoms with van der Waals surface area (Å²) in [4.78, 5) is 59.2. The van der Waals surface area contributed by atoms with Crippen molar-refractivity contribution >= 4 is 46.1 Å². The van der Waals surface area contributed by atoms with Crippen LogP contribution >= 0.6 is 17.0 Å². The molecule has 0 rings (SSSR count). The number of ketones is 4. The molecular formula is C14H21BrO10. The summed E-state index contributed by atoms with van der Waals surface area (Å²) in [5.41, 5.74) is -6.92. The molecular weight excluding hydrogens is 408 g/mol. The van der Waals surface area contributed by atoms with Crippen molar-refractivity contribution in [3.05, 3.63) is 0 Å². The van der Waals surface area contributed by atoms with Crippen LogP contribution in [0.1, 0.15) is 27.7 Å². The van der Waals surface area contributed by atoms with Crippen LogP contribution in [0.5, 0.6) is 0 Å². The summed E-state index contributed by atoms with van der Waals surface area (Å²) in [7, 11) is 0. The van der Waals surface area contributed by atoms with E-state index in [0.29, 0.717) is 20.8 Å². The number of ether oxygens (including phenoxy) is 1. The molecule has 0 aromatic carbocycles. The fourth-order valence-electron chi connectivity index (χ4n) is 2.30. The Hall–Kier alpha value is -1.53. The van der Waals surface area contributed by atoms with Crippen LogP contribution in [0.3, 0.4) is 0 Å². The number of halogens is 1. The molecule has 25 heavy (non-hydrogen) atoms. The first-order chi connectivity index (χ1) is 10.8. The SMILES string of the molecule is Br.CC(=O)O[C@@](C(C)=O)(C(=O)C(C)=O)C(O)(C(C)=O)C(O)C(O)CO. The topological polar surface area (TPSA) is 175 Å². The van der Waals surface area contributed by atoms with Crippen molar-refractivity contribution in [2.75, 3.05) is 6.61 Å². The highest BCUT2D eigenvalue weighted by atomic mass is 79.9. The lowest BCUT2D eigenvalue weighted by Gasteiger charge is -2.44. The van der Waals surface area contributed by atoms with E-state index >= 15 is 0 Å². The molecule has 144 valence electrons. The van der Waals surface area contributed by atoms with E-state index < -0.39 is 59.1 Å². The van der Waals surface area contributed by atoms with Crippen LogP contribution in [-0.4, -0.2) is 79.5 Å². The Morgan fingerprint density at radius 1 is 0.960 bits per heavy atom. The molecule has 0 aromatic heterocycles. The van der Waals surface area contributed by atoms with Crippen LogP contribution in [0.25, 0.3) is 0 Å². The molecule has 11 heteroatoms. The highest BCUT2D eigenvalue weighted by Crippen LogP contribution is 2.35. The lowest BCUT2D eigenvalue weighted by atomic mass is 9.69. The van der Waals surface area contributed by atoms with Gasteiger partial charge in [0.25, 0.3) is 11.4 Å². The Balaban J connectivity index is 0. The van der Waals surface area contributed by atoms with Gasteiger partial charge in [0.1, 0.15) is 12.2 Å². The van der Waals surface area contributed by atoms with Crippen LogP contribution in [-0.2, 0) is 28.7 Å². The molecule has 0 saturated carbocycles. The van der Waals surface area contributed by atoms with E-state index in [-0.39, 0.29) is 17.0 Å². The number of rotatable bonds is 9. The first-order valence-electron chi connectivity index (χ1n) is 6.77. The van der Waals surface area contributed by atoms with Crippen LogP contribution in [0.2, 0.25) is 0 Å². The highest BCUT2D eigenvalue weighted by Gasteiger charge is 2.70. The zero-order chi connectivity index (χ0) is 19.5. The average Bonchev–Trinajstić information content (AvgIpc) is 2.48. The van der Waals surface area contributed by atoms with Gasteiger partial charge in [-0.1, -0.05) is 0 Å². The van der Waals surface area contributed by atoms with Gasteiger partial charge in [-0.15, -0.1) is 17.0 Å². The molecule has 0 heterocycles. The number of carbonyl (C=O) groups excluding carboxylic acids is 5. The Kier molecular flexibility index (Phi) is 9.51. The average molecular weight is 429 g/mol. The summed E-state index contributed by atoms with van der Waals surface area (Å²) in [6.07, 6.45) is -4.81. The molecule has 0 fully saturated rings. The largest absolute Gasteiger partial charge is 0.439 e. The van der Waals surface area contributed by atoms with Gasteiger partial charge in [-0.25, -0.2) is 0 Å². The maximum atomic E-state index is 12.3. The Morgan fingerprint density at radius 2 is 1.40 bits per heavy atom. The minimum Gasteiger partial charge on any atom is -0.439 e. The van der Waals surface area contributed by atoms with Gasteiger partial charge < -0.3 is 25.2 Å². The molecule has 0 amide bonds. The summed E-state index contributed by atoms with van der Waals surface area (Å²) in [5.74, 6) is -7.32. The molecule has 0 aliphatic rings. The van der Waals surface area contributed by atoms with Crippen molar-refractivity contribution in [3.63, 3.8) is 0 Å². The second kappa shape index (κ2) is 9.25. The van der Waals surface area contributed by atoms with E-state index in [2.05, 4.69) is 4.74 Å². The summed E-state index contributed by atoms with van der Waals surface area (Å²) < 4.78 is 4.58. The van der Waals surface area contributed by atoms with E-state index in [1.165, 1.54) is 0 Å². The quantitative estimate of drug-likeness (QED) is 0.176. The first kappa shape index (κ1) is 25.7. The summed E-state index contributed by atoms with van der Waals surface area (Å²) in [6, 6.07) is 0. The molecule has 0 aliphatic carbocycles. The molecule has 10 nitrogen and oxygen atoms in total. The predicted molar refractivity (Wildman–Crippen MR) is 85.9 cm³/mol. The van der Waals surface area contributed by atoms with Crippen LogP contribution in [0.15, 0.2) is 0 Å². The Labute approximate surface area is 153 Å². The Bertz CT molecular complexity index is 574. The molecule has 0 bridgehead atoms. The monoisotopic (exact) mass is 428 g/mol. The smallest absolute Gasteiger partial charge is 0.304 e. The molecule has 3 unspecified atom stereocenters.